The van der Waals surface area contributed by atoms with Crippen molar-refractivity contribution in [1.29, 1.82) is 0 Å². The SMILES string of the molecule is CCCCOC(=O)C(Cl)OC(=O)Cl. The highest BCUT2D eigenvalue weighted by Crippen LogP contribution is 2.04. The number of esters is 1. The van der Waals surface area contributed by atoms with E-state index >= 15 is 0 Å². The molecule has 0 heterocycles. The number of halogens is 2. The minimum absolute atomic E-state index is 0.262. The van der Waals surface area contributed by atoms with Crippen molar-refractivity contribution in [2.24, 2.45) is 0 Å². The molecule has 0 amide bonds. The summed E-state index contributed by atoms with van der Waals surface area (Å²) in [4.78, 5) is 21.0. The summed E-state index contributed by atoms with van der Waals surface area (Å²) in [5.41, 5.74) is -2.59. The van der Waals surface area contributed by atoms with E-state index in [4.69, 9.17) is 23.2 Å². The predicted octanol–water partition coefficient (Wildman–Crippen LogP) is 2.27. The quantitative estimate of drug-likeness (QED) is 0.314. The van der Waals surface area contributed by atoms with E-state index < -0.39 is 17.0 Å². The molecule has 0 bridgehead atoms. The van der Waals surface area contributed by atoms with Gasteiger partial charge in [-0.05, 0) is 6.42 Å². The van der Waals surface area contributed by atoms with Crippen LogP contribution in [0.4, 0.5) is 4.79 Å². The third kappa shape index (κ3) is 6.66. The monoisotopic (exact) mass is 228 g/mol. The number of unbranched alkanes of at least 4 members (excludes halogenated alkanes) is 1. The van der Waals surface area contributed by atoms with Gasteiger partial charge in [0.1, 0.15) is 0 Å². The molecule has 0 aromatic carbocycles. The van der Waals surface area contributed by atoms with Gasteiger partial charge in [0.15, 0.2) is 0 Å². The lowest BCUT2D eigenvalue weighted by molar-refractivity contribution is -0.149. The maximum Gasteiger partial charge on any atom is 0.405 e. The molecule has 0 rings (SSSR count). The van der Waals surface area contributed by atoms with E-state index in [9.17, 15) is 9.59 Å². The molecule has 0 aliphatic carbocycles. The molecular weight excluding hydrogens is 219 g/mol. The molecule has 6 heteroatoms. The molecule has 0 aliphatic rings. The molecule has 76 valence electrons. The zero-order valence-electron chi connectivity index (χ0n) is 7.09. The minimum atomic E-state index is -1.46. The average molecular weight is 229 g/mol. The molecule has 1 unspecified atom stereocenters. The largest absolute Gasteiger partial charge is 0.462 e. The maximum absolute atomic E-state index is 10.9. The first-order chi connectivity index (χ1) is 6.07. The third-order valence-electron chi connectivity index (χ3n) is 1.12. The van der Waals surface area contributed by atoms with Gasteiger partial charge in [0.2, 0.25) is 0 Å². The fourth-order valence-corrected chi connectivity index (χ4v) is 0.791. The molecule has 0 aromatic heterocycles. The van der Waals surface area contributed by atoms with E-state index in [1.165, 1.54) is 0 Å². The summed E-state index contributed by atoms with van der Waals surface area (Å²) < 4.78 is 8.80. The van der Waals surface area contributed by atoms with Crippen LogP contribution in [0.1, 0.15) is 19.8 Å². The van der Waals surface area contributed by atoms with Crippen LogP contribution in [0.15, 0.2) is 0 Å². The van der Waals surface area contributed by atoms with Gasteiger partial charge < -0.3 is 9.47 Å². The predicted molar refractivity (Wildman–Crippen MR) is 47.8 cm³/mol. The topological polar surface area (TPSA) is 52.6 Å². The first kappa shape index (κ1) is 12.5. The molecular formula is C7H10Cl2O4. The van der Waals surface area contributed by atoms with E-state index in [2.05, 4.69) is 9.47 Å². The second-order valence-electron chi connectivity index (χ2n) is 2.19. The van der Waals surface area contributed by atoms with Gasteiger partial charge in [-0.1, -0.05) is 24.9 Å². The highest BCUT2D eigenvalue weighted by atomic mass is 35.5. The number of ether oxygens (including phenoxy) is 2. The smallest absolute Gasteiger partial charge is 0.405 e. The Morgan fingerprint density at radius 2 is 2.08 bits per heavy atom. The highest BCUT2D eigenvalue weighted by molar-refractivity contribution is 6.61. The normalized spacial score (nSPS) is 11.9. The fourth-order valence-electron chi connectivity index (χ4n) is 0.512. The van der Waals surface area contributed by atoms with Crippen molar-refractivity contribution >= 4 is 34.6 Å². The number of carbonyl (C=O) groups is 2. The maximum atomic E-state index is 10.9. The van der Waals surface area contributed by atoms with Crippen LogP contribution >= 0.6 is 23.2 Å². The van der Waals surface area contributed by atoms with Gasteiger partial charge in [-0.2, -0.15) is 0 Å². The third-order valence-corrected chi connectivity index (χ3v) is 1.48. The molecule has 0 radical (unpaired) electrons. The Balaban J connectivity index is 3.63. The number of alkyl halides is 1. The molecule has 0 aliphatic heterocycles. The van der Waals surface area contributed by atoms with Gasteiger partial charge in [0, 0.05) is 11.6 Å². The first-order valence-corrected chi connectivity index (χ1v) is 4.56. The second-order valence-corrected chi connectivity index (χ2v) is 2.90. The van der Waals surface area contributed by atoms with Crippen molar-refractivity contribution in [3.05, 3.63) is 0 Å². The van der Waals surface area contributed by atoms with Gasteiger partial charge >= 0.3 is 11.4 Å². The van der Waals surface area contributed by atoms with Gasteiger partial charge in [-0.3, -0.25) is 0 Å². The van der Waals surface area contributed by atoms with Crippen molar-refractivity contribution in [3.63, 3.8) is 0 Å². The molecule has 1 atom stereocenters. The molecule has 4 nitrogen and oxygen atoms in total. The Hall–Kier alpha value is -0.480. The Morgan fingerprint density at radius 1 is 1.46 bits per heavy atom. The molecule has 0 saturated heterocycles. The summed E-state index contributed by atoms with van der Waals surface area (Å²) in [5, 5.41) is 0. The van der Waals surface area contributed by atoms with Crippen molar-refractivity contribution in [2.75, 3.05) is 6.61 Å². The standard InChI is InChI=1S/C7H10Cl2O4/c1-2-3-4-12-6(10)5(8)13-7(9)11/h5H,2-4H2,1H3. The lowest BCUT2D eigenvalue weighted by Gasteiger charge is -2.07. The summed E-state index contributed by atoms with van der Waals surface area (Å²) in [6.07, 6.45) is 1.64. The van der Waals surface area contributed by atoms with E-state index in [1.807, 2.05) is 6.92 Å². The highest BCUT2D eigenvalue weighted by Gasteiger charge is 2.20. The van der Waals surface area contributed by atoms with Crippen LogP contribution < -0.4 is 0 Å². The van der Waals surface area contributed by atoms with Crippen LogP contribution in [-0.2, 0) is 14.3 Å². The molecule has 0 fully saturated rings. The first-order valence-electron chi connectivity index (χ1n) is 3.74. The molecule has 0 aromatic rings. The summed E-state index contributed by atoms with van der Waals surface area (Å²) in [6.45, 7) is 2.21. The van der Waals surface area contributed by atoms with Crippen molar-refractivity contribution in [2.45, 2.75) is 25.3 Å². The number of hydrogen-bond acceptors (Lipinski definition) is 4. The second kappa shape index (κ2) is 6.97. The average Bonchev–Trinajstić information content (AvgIpc) is 2.03. The number of hydrogen-bond donors (Lipinski definition) is 0. The molecule has 0 N–H and O–H groups in total. The summed E-state index contributed by atoms with van der Waals surface area (Å²) in [6, 6.07) is 0. The molecule has 13 heavy (non-hydrogen) atoms. The van der Waals surface area contributed by atoms with Crippen LogP contribution in [0.2, 0.25) is 0 Å². The van der Waals surface area contributed by atoms with E-state index in [1.54, 1.807) is 0 Å². The number of carbonyl (C=O) groups excluding carboxylic acids is 2. The van der Waals surface area contributed by atoms with Crippen LogP contribution in [0.25, 0.3) is 0 Å². The van der Waals surface area contributed by atoms with Crippen molar-refractivity contribution < 1.29 is 19.1 Å². The lowest BCUT2D eigenvalue weighted by atomic mass is 10.4. The van der Waals surface area contributed by atoms with Gasteiger partial charge in [0.25, 0.3) is 5.56 Å². The van der Waals surface area contributed by atoms with E-state index in [-0.39, 0.29) is 6.61 Å². The summed E-state index contributed by atoms with van der Waals surface area (Å²) in [5.74, 6) is -0.802. The Labute approximate surface area is 86.1 Å². The van der Waals surface area contributed by atoms with Crippen molar-refractivity contribution in [3.8, 4) is 0 Å². The zero-order chi connectivity index (χ0) is 10.3. The van der Waals surface area contributed by atoms with Gasteiger partial charge in [-0.25, -0.2) is 9.59 Å². The zero-order valence-corrected chi connectivity index (χ0v) is 8.60. The van der Waals surface area contributed by atoms with Crippen LogP contribution in [0, 0.1) is 0 Å². The fraction of sp³-hybridized carbons (Fsp3) is 0.714. The Kier molecular flexibility index (Phi) is 6.72. The van der Waals surface area contributed by atoms with Gasteiger partial charge in [0.05, 0.1) is 6.61 Å². The lowest BCUT2D eigenvalue weighted by Crippen LogP contribution is -2.22. The van der Waals surface area contributed by atoms with E-state index in [0.29, 0.717) is 0 Å². The van der Waals surface area contributed by atoms with Crippen LogP contribution in [0.5, 0.6) is 0 Å². The molecule has 0 saturated carbocycles. The number of rotatable bonds is 5. The minimum Gasteiger partial charge on any atom is -0.462 e. The summed E-state index contributed by atoms with van der Waals surface area (Å²) in [7, 11) is 0. The van der Waals surface area contributed by atoms with Crippen molar-refractivity contribution in [1.82, 2.24) is 0 Å². The summed E-state index contributed by atoms with van der Waals surface area (Å²) >= 11 is 10.1. The van der Waals surface area contributed by atoms with Crippen LogP contribution in [-0.4, -0.2) is 23.6 Å². The Morgan fingerprint density at radius 3 is 2.54 bits per heavy atom. The van der Waals surface area contributed by atoms with E-state index in [0.717, 1.165) is 12.8 Å². The van der Waals surface area contributed by atoms with Crippen LogP contribution in [0.3, 0.4) is 0 Å². The van der Waals surface area contributed by atoms with Gasteiger partial charge in [-0.15, -0.1) is 0 Å². The Bertz CT molecular complexity index is 183. The molecule has 0 spiro atoms.